The van der Waals surface area contributed by atoms with Gasteiger partial charge in [0.1, 0.15) is 11.3 Å². The number of carbonyl (C=O) groups is 1. The SMILES string of the molecule is CCc1nc2nc(C)ccc2c(Nc2ccc(Oc3ccccn3)cc2)c1C(=O)O. The Balaban J connectivity index is 1.72. The predicted octanol–water partition coefficient (Wildman–Crippen LogP) is 5.13. The molecule has 0 spiro atoms. The van der Waals surface area contributed by atoms with E-state index in [1.807, 2.05) is 50.2 Å². The van der Waals surface area contributed by atoms with Gasteiger partial charge in [0.05, 0.1) is 11.4 Å². The van der Waals surface area contributed by atoms with Crippen LogP contribution in [0.5, 0.6) is 11.6 Å². The average Bonchev–Trinajstić information content (AvgIpc) is 2.75. The lowest BCUT2D eigenvalue weighted by molar-refractivity contribution is 0.0696. The molecule has 4 aromatic rings. The van der Waals surface area contributed by atoms with Crippen molar-refractivity contribution < 1.29 is 14.6 Å². The molecule has 0 aliphatic heterocycles. The van der Waals surface area contributed by atoms with Crippen LogP contribution in [0.2, 0.25) is 0 Å². The molecule has 1 aromatic carbocycles. The van der Waals surface area contributed by atoms with Gasteiger partial charge >= 0.3 is 5.97 Å². The summed E-state index contributed by atoms with van der Waals surface area (Å²) in [5.41, 5.74) is 3.20. The van der Waals surface area contributed by atoms with Gasteiger partial charge in [0.25, 0.3) is 0 Å². The van der Waals surface area contributed by atoms with Gasteiger partial charge < -0.3 is 15.2 Å². The number of carboxylic acid groups (broad SMARTS) is 1. The quantitative estimate of drug-likeness (QED) is 0.463. The van der Waals surface area contributed by atoms with Crippen molar-refractivity contribution >= 4 is 28.4 Å². The summed E-state index contributed by atoms with van der Waals surface area (Å²) >= 11 is 0. The van der Waals surface area contributed by atoms with Crippen LogP contribution in [-0.2, 0) is 6.42 Å². The Hall–Kier alpha value is -4.00. The van der Waals surface area contributed by atoms with Crippen LogP contribution in [0.3, 0.4) is 0 Å². The van der Waals surface area contributed by atoms with Gasteiger partial charge in [0, 0.05) is 29.0 Å². The van der Waals surface area contributed by atoms with Crippen LogP contribution in [-0.4, -0.2) is 26.0 Å². The summed E-state index contributed by atoms with van der Waals surface area (Å²) in [5.74, 6) is 0.101. The summed E-state index contributed by atoms with van der Waals surface area (Å²) in [5, 5.41) is 13.8. The number of aromatic nitrogens is 3. The van der Waals surface area contributed by atoms with E-state index in [1.165, 1.54) is 0 Å². The second kappa shape index (κ2) is 8.16. The van der Waals surface area contributed by atoms with Gasteiger partial charge in [0.2, 0.25) is 5.88 Å². The minimum atomic E-state index is -1.03. The van der Waals surface area contributed by atoms with Gasteiger partial charge in [-0.05, 0) is 55.8 Å². The van der Waals surface area contributed by atoms with Crippen LogP contribution >= 0.6 is 0 Å². The first-order chi connectivity index (χ1) is 14.5. The zero-order valence-electron chi connectivity index (χ0n) is 16.6. The molecular weight excluding hydrogens is 380 g/mol. The molecule has 0 aliphatic rings. The number of aromatic carboxylic acids is 1. The highest BCUT2D eigenvalue weighted by atomic mass is 16.5. The van der Waals surface area contributed by atoms with E-state index < -0.39 is 5.97 Å². The largest absolute Gasteiger partial charge is 0.478 e. The van der Waals surface area contributed by atoms with E-state index in [2.05, 4.69) is 20.3 Å². The Bertz CT molecular complexity index is 1210. The molecular formula is C23H20N4O3. The van der Waals surface area contributed by atoms with E-state index in [4.69, 9.17) is 4.74 Å². The Labute approximate surface area is 173 Å². The van der Waals surface area contributed by atoms with Crippen LogP contribution in [0.4, 0.5) is 11.4 Å². The van der Waals surface area contributed by atoms with Crippen molar-refractivity contribution in [2.24, 2.45) is 0 Å². The fraction of sp³-hybridized carbons (Fsp3) is 0.130. The molecule has 0 bridgehead atoms. The molecule has 0 saturated heterocycles. The van der Waals surface area contributed by atoms with Crippen LogP contribution in [0.15, 0.2) is 60.8 Å². The van der Waals surface area contributed by atoms with Gasteiger partial charge in [0.15, 0.2) is 5.65 Å². The monoisotopic (exact) mass is 400 g/mol. The summed E-state index contributed by atoms with van der Waals surface area (Å²) in [6, 6.07) is 16.4. The topological polar surface area (TPSA) is 97.2 Å². The van der Waals surface area contributed by atoms with Gasteiger partial charge in [-0.15, -0.1) is 0 Å². The van der Waals surface area contributed by atoms with Crippen LogP contribution in [0, 0.1) is 6.92 Å². The van der Waals surface area contributed by atoms with Gasteiger partial charge in [-0.1, -0.05) is 13.0 Å². The highest BCUT2D eigenvalue weighted by Crippen LogP contribution is 2.32. The molecule has 0 unspecified atom stereocenters. The van der Waals surface area contributed by atoms with Crippen LogP contribution in [0.1, 0.15) is 28.7 Å². The van der Waals surface area contributed by atoms with Gasteiger partial charge in [-0.3, -0.25) is 0 Å². The highest BCUT2D eigenvalue weighted by Gasteiger charge is 2.21. The molecule has 0 fully saturated rings. The first-order valence-corrected chi connectivity index (χ1v) is 9.54. The molecule has 3 heterocycles. The number of pyridine rings is 3. The summed E-state index contributed by atoms with van der Waals surface area (Å²) < 4.78 is 5.71. The van der Waals surface area contributed by atoms with Gasteiger partial charge in [-0.2, -0.15) is 0 Å². The second-order valence-corrected chi connectivity index (χ2v) is 6.71. The summed E-state index contributed by atoms with van der Waals surface area (Å²) in [6.45, 7) is 3.76. The minimum absolute atomic E-state index is 0.157. The minimum Gasteiger partial charge on any atom is -0.478 e. The zero-order valence-corrected chi connectivity index (χ0v) is 16.6. The Morgan fingerprint density at radius 2 is 1.87 bits per heavy atom. The average molecular weight is 400 g/mol. The number of hydrogen-bond donors (Lipinski definition) is 2. The number of carboxylic acids is 1. The van der Waals surface area contributed by atoms with Crippen molar-refractivity contribution in [3.05, 3.63) is 77.7 Å². The molecule has 4 rings (SSSR count). The third-order valence-electron chi connectivity index (χ3n) is 4.60. The molecule has 0 saturated carbocycles. The molecule has 2 N–H and O–H groups in total. The van der Waals surface area contributed by atoms with Crippen molar-refractivity contribution in [2.75, 3.05) is 5.32 Å². The summed E-state index contributed by atoms with van der Waals surface area (Å²) in [6.07, 6.45) is 2.15. The number of aryl methyl sites for hydroxylation is 2. The second-order valence-electron chi connectivity index (χ2n) is 6.71. The number of rotatable bonds is 6. The summed E-state index contributed by atoms with van der Waals surface area (Å²) in [7, 11) is 0. The zero-order chi connectivity index (χ0) is 21.1. The Morgan fingerprint density at radius 1 is 1.07 bits per heavy atom. The van der Waals surface area contributed by atoms with E-state index in [1.54, 1.807) is 24.4 Å². The number of nitrogens with zero attached hydrogens (tertiary/aromatic N) is 3. The predicted molar refractivity (Wildman–Crippen MR) is 115 cm³/mol. The number of nitrogens with one attached hydrogen (secondary N) is 1. The third-order valence-corrected chi connectivity index (χ3v) is 4.60. The summed E-state index contributed by atoms with van der Waals surface area (Å²) in [4.78, 5) is 25.1. The van der Waals surface area contributed by atoms with Crippen molar-refractivity contribution in [1.29, 1.82) is 0 Å². The van der Waals surface area contributed by atoms with E-state index in [0.29, 0.717) is 40.5 Å². The molecule has 0 atom stereocenters. The number of fused-ring (bicyclic) bond motifs is 1. The van der Waals surface area contributed by atoms with Gasteiger partial charge in [-0.25, -0.2) is 19.7 Å². The molecule has 0 amide bonds. The number of hydrogen-bond acceptors (Lipinski definition) is 6. The highest BCUT2D eigenvalue weighted by molar-refractivity contribution is 6.05. The maximum atomic E-state index is 12.0. The molecule has 0 aliphatic carbocycles. The van der Waals surface area contributed by atoms with Crippen LogP contribution in [0.25, 0.3) is 11.0 Å². The van der Waals surface area contributed by atoms with E-state index in [0.717, 1.165) is 11.4 Å². The Kier molecular flexibility index (Phi) is 5.26. The van der Waals surface area contributed by atoms with Crippen molar-refractivity contribution in [3.63, 3.8) is 0 Å². The van der Waals surface area contributed by atoms with Crippen molar-refractivity contribution in [3.8, 4) is 11.6 Å². The lowest BCUT2D eigenvalue weighted by Crippen LogP contribution is -2.10. The molecule has 3 aromatic heterocycles. The van der Waals surface area contributed by atoms with E-state index in [9.17, 15) is 9.90 Å². The fourth-order valence-corrected chi connectivity index (χ4v) is 3.18. The molecule has 30 heavy (non-hydrogen) atoms. The standard InChI is InChI=1S/C23H20N4O3/c1-3-18-20(23(28)29)21(17-12-7-14(2)25-22(17)27-18)26-15-8-10-16(11-9-15)30-19-6-4-5-13-24-19/h4-13H,3H2,1-2H3,(H,28,29)(H,25,26,27). The normalized spacial score (nSPS) is 10.7. The van der Waals surface area contributed by atoms with Crippen molar-refractivity contribution in [2.45, 2.75) is 20.3 Å². The fourth-order valence-electron chi connectivity index (χ4n) is 3.18. The maximum Gasteiger partial charge on any atom is 0.339 e. The molecule has 7 heteroatoms. The van der Waals surface area contributed by atoms with Crippen LogP contribution < -0.4 is 10.1 Å². The molecule has 0 radical (unpaired) electrons. The number of anilines is 2. The smallest absolute Gasteiger partial charge is 0.339 e. The first kappa shape index (κ1) is 19.3. The maximum absolute atomic E-state index is 12.0. The first-order valence-electron chi connectivity index (χ1n) is 9.54. The molecule has 7 nitrogen and oxygen atoms in total. The number of benzene rings is 1. The van der Waals surface area contributed by atoms with E-state index >= 15 is 0 Å². The lowest BCUT2D eigenvalue weighted by Gasteiger charge is -2.16. The lowest BCUT2D eigenvalue weighted by atomic mass is 10.1. The Morgan fingerprint density at radius 3 is 2.53 bits per heavy atom. The van der Waals surface area contributed by atoms with Crippen molar-refractivity contribution in [1.82, 2.24) is 15.0 Å². The third kappa shape index (κ3) is 3.91. The van der Waals surface area contributed by atoms with E-state index in [-0.39, 0.29) is 5.56 Å². The number of ether oxygens (including phenoxy) is 1. The molecule has 150 valence electrons.